The van der Waals surface area contributed by atoms with Gasteiger partial charge in [-0.1, -0.05) is 32.9 Å². The third-order valence-corrected chi connectivity index (χ3v) is 3.13. The van der Waals surface area contributed by atoms with Gasteiger partial charge in [0.05, 0.1) is 11.4 Å². The molecule has 0 aliphatic rings. The van der Waals surface area contributed by atoms with Gasteiger partial charge < -0.3 is 5.11 Å². The van der Waals surface area contributed by atoms with Crippen LogP contribution in [0.4, 0.5) is 0 Å². The van der Waals surface area contributed by atoms with Gasteiger partial charge in [0.25, 0.3) is 0 Å². The highest BCUT2D eigenvalue weighted by molar-refractivity contribution is 5.88. The number of aromatic nitrogens is 2. The maximum atomic E-state index is 11.0. The average Bonchev–Trinajstić information content (AvgIpc) is 2.70. The highest BCUT2D eigenvalue weighted by Gasteiger charge is 2.15. The topological polar surface area (TPSA) is 55.1 Å². The average molecular weight is 258 g/mol. The Balaban J connectivity index is 2.38. The fourth-order valence-electron chi connectivity index (χ4n) is 1.92. The Labute approximate surface area is 112 Å². The van der Waals surface area contributed by atoms with E-state index in [1.54, 1.807) is 17.8 Å². The summed E-state index contributed by atoms with van der Waals surface area (Å²) in [6.07, 6.45) is 1.55. The number of rotatable bonds is 2. The summed E-state index contributed by atoms with van der Waals surface area (Å²) in [6.45, 7) is 8.16. The van der Waals surface area contributed by atoms with Crippen molar-refractivity contribution in [3.8, 4) is 5.69 Å². The first-order chi connectivity index (χ1) is 8.79. The first kappa shape index (κ1) is 13.3. The second-order valence-electron chi connectivity index (χ2n) is 5.67. The van der Waals surface area contributed by atoms with Gasteiger partial charge in [-0.3, -0.25) is 0 Å². The second-order valence-corrected chi connectivity index (χ2v) is 5.67. The van der Waals surface area contributed by atoms with Gasteiger partial charge in [0.1, 0.15) is 5.56 Å². The third kappa shape index (κ3) is 2.67. The number of aromatic carboxylic acids is 1. The molecule has 1 N–H and O–H groups in total. The Bertz CT molecular complexity index is 604. The minimum atomic E-state index is -0.949. The van der Waals surface area contributed by atoms with E-state index < -0.39 is 5.97 Å². The van der Waals surface area contributed by atoms with E-state index in [1.807, 2.05) is 24.3 Å². The third-order valence-electron chi connectivity index (χ3n) is 3.13. The van der Waals surface area contributed by atoms with E-state index in [1.165, 1.54) is 5.56 Å². The monoisotopic (exact) mass is 258 g/mol. The van der Waals surface area contributed by atoms with Gasteiger partial charge in [0, 0.05) is 6.20 Å². The van der Waals surface area contributed by atoms with Gasteiger partial charge in [0.2, 0.25) is 0 Å². The molecule has 0 saturated carbocycles. The molecule has 1 aromatic heterocycles. The summed E-state index contributed by atoms with van der Waals surface area (Å²) in [6, 6.07) is 8.01. The first-order valence-electron chi connectivity index (χ1n) is 6.19. The molecule has 0 spiro atoms. The van der Waals surface area contributed by atoms with Crippen molar-refractivity contribution in [2.75, 3.05) is 0 Å². The van der Waals surface area contributed by atoms with E-state index in [-0.39, 0.29) is 11.0 Å². The second kappa shape index (κ2) is 4.53. The Hall–Kier alpha value is -2.10. The molecular formula is C15H18N2O2. The largest absolute Gasteiger partial charge is 0.478 e. The molecule has 0 radical (unpaired) electrons. The van der Waals surface area contributed by atoms with E-state index in [2.05, 4.69) is 25.9 Å². The fraction of sp³-hybridized carbons (Fsp3) is 0.333. The van der Waals surface area contributed by atoms with Gasteiger partial charge >= 0.3 is 5.97 Å². The van der Waals surface area contributed by atoms with Crippen LogP contribution in [0.5, 0.6) is 0 Å². The summed E-state index contributed by atoms with van der Waals surface area (Å²) < 4.78 is 1.60. The zero-order valence-corrected chi connectivity index (χ0v) is 11.6. The van der Waals surface area contributed by atoms with Crippen molar-refractivity contribution in [1.29, 1.82) is 0 Å². The van der Waals surface area contributed by atoms with Crippen LogP contribution < -0.4 is 0 Å². The number of hydrogen-bond donors (Lipinski definition) is 1. The number of benzene rings is 1. The van der Waals surface area contributed by atoms with Crippen molar-refractivity contribution >= 4 is 5.97 Å². The molecule has 100 valence electrons. The normalized spacial score (nSPS) is 11.6. The highest BCUT2D eigenvalue weighted by Crippen LogP contribution is 2.23. The Morgan fingerprint density at radius 1 is 1.21 bits per heavy atom. The van der Waals surface area contributed by atoms with Crippen LogP contribution in [0.1, 0.15) is 42.4 Å². The summed E-state index contributed by atoms with van der Waals surface area (Å²) in [4.78, 5) is 11.0. The van der Waals surface area contributed by atoms with E-state index >= 15 is 0 Å². The summed E-state index contributed by atoms with van der Waals surface area (Å²) in [5.74, 6) is -0.949. The molecule has 0 saturated heterocycles. The molecule has 1 heterocycles. The quantitative estimate of drug-likeness (QED) is 0.900. The van der Waals surface area contributed by atoms with Crippen molar-refractivity contribution in [3.05, 3.63) is 47.3 Å². The number of hydrogen-bond acceptors (Lipinski definition) is 2. The molecule has 4 nitrogen and oxygen atoms in total. The summed E-state index contributed by atoms with van der Waals surface area (Å²) in [5, 5.41) is 13.3. The van der Waals surface area contributed by atoms with Gasteiger partial charge in [-0.25, -0.2) is 9.48 Å². The lowest BCUT2D eigenvalue weighted by atomic mass is 9.87. The van der Waals surface area contributed by atoms with Crippen molar-refractivity contribution in [2.24, 2.45) is 0 Å². The highest BCUT2D eigenvalue weighted by atomic mass is 16.4. The van der Waals surface area contributed by atoms with Crippen LogP contribution in [0.2, 0.25) is 0 Å². The van der Waals surface area contributed by atoms with Crippen LogP contribution in [0.25, 0.3) is 5.69 Å². The maximum absolute atomic E-state index is 11.0. The number of carboxylic acid groups (broad SMARTS) is 1. The van der Waals surface area contributed by atoms with Gasteiger partial charge in [-0.05, 0) is 30.0 Å². The molecular weight excluding hydrogens is 240 g/mol. The van der Waals surface area contributed by atoms with Crippen molar-refractivity contribution < 1.29 is 9.90 Å². The molecule has 0 amide bonds. The zero-order chi connectivity index (χ0) is 14.2. The molecule has 0 bridgehead atoms. The minimum absolute atomic E-state index is 0.102. The van der Waals surface area contributed by atoms with E-state index in [0.717, 1.165) is 5.69 Å². The smallest absolute Gasteiger partial charge is 0.339 e. The number of nitrogens with zero attached hydrogens (tertiary/aromatic N) is 2. The molecule has 1 aromatic carbocycles. The predicted octanol–water partition coefficient (Wildman–Crippen LogP) is 3.18. The predicted molar refractivity (Wildman–Crippen MR) is 74.0 cm³/mol. The molecule has 4 heteroatoms. The van der Waals surface area contributed by atoms with E-state index in [9.17, 15) is 4.79 Å². The molecule has 2 rings (SSSR count). The molecule has 0 aliphatic heterocycles. The van der Waals surface area contributed by atoms with E-state index in [0.29, 0.717) is 5.69 Å². The van der Waals surface area contributed by atoms with Crippen LogP contribution in [0.15, 0.2) is 30.5 Å². The van der Waals surface area contributed by atoms with Crippen LogP contribution in [0.3, 0.4) is 0 Å². The van der Waals surface area contributed by atoms with Crippen LogP contribution in [-0.4, -0.2) is 20.9 Å². The lowest BCUT2D eigenvalue weighted by Gasteiger charge is -2.19. The number of carbonyl (C=O) groups is 1. The molecule has 19 heavy (non-hydrogen) atoms. The Kier molecular flexibility index (Phi) is 3.18. The Morgan fingerprint density at radius 2 is 1.79 bits per heavy atom. The molecule has 0 unspecified atom stereocenters. The lowest BCUT2D eigenvalue weighted by Crippen LogP contribution is -2.10. The summed E-state index contributed by atoms with van der Waals surface area (Å²) in [5.41, 5.74) is 2.96. The SMILES string of the molecule is Cc1nn(-c2ccc(C(C)(C)C)cc2)cc1C(=O)O. The van der Waals surface area contributed by atoms with Crippen molar-refractivity contribution in [3.63, 3.8) is 0 Å². The van der Waals surface area contributed by atoms with Gasteiger partial charge in [-0.15, -0.1) is 0 Å². The summed E-state index contributed by atoms with van der Waals surface area (Å²) in [7, 11) is 0. The number of aryl methyl sites for hydroxylation is 1. The van der Waals surface area contributed by atoms with Crippen LogP contribution >= 0.6 is 0 Å². The van der Waals surface area contributed by atoms with Crippen molar-refractivity contribution in [2.45, 2.75) is 33.1 Å². The van der Waals surface area contributed by atoms with Gasteiger partial charge in [-0.2, -0.15) is 5.10 Å². The molecule has 0 aliphatic carbocycles. The summed E-state index contributed by atoms with van der Waals surface area (Å²) >= 11 is 0. The van der Waals surface area contributed by atoms with Gasteiger partial charge in [0.15, 0.2) is 0 Å². The molecule has 0 fully saturated rings. The van der Waals surface area contributed by atoms with Crippen molar-refractivity contribution in [1.82, 2.24) is 9.78 Å². The zero-order valence-electron chi connectivity index (χ0n) is 11.6. The van der Waals surface area contributed by atoms with Crippen LogP contribution in [-0.2, 0) is 5.41 Å². The Morgan fingerprint density at radius 3 is 2.21 bits per heavy atom. The molecule has 0 atom stereocenters. The lowest BCUT2D eigenvalue weighted by molar-refractivity contribution is 0.0696. The fourth-order valence-corrected chi connectivity index (χ4v) is 1.92. The molecule has 2 aromatic rings. The first-order valence-corrected chi connectivity index (χ1v) is 6.19. The minimum Gasteiger partial charge on any atom is -0.478 e. The number of carboxylic acids is 1. The van der Waals surface area contributed by atoms with E-state index in [4.69, 9.17) is 5.11 Å². The maximum Gasteiger partial charge on any atom is 0.339 e. The van der Waals surface area contributed by atoms with Crippen LogP contribution in [0, 0.1) is 6.92 Å². The standard InChI is InChI=1S/C15H18N2O2/c1-10-13(14(18)19)9-17(16-10)12-7-5-11(6-8-12)15(2,3)4/h5-9H,1-4H3,(H,18,19).